The number of benzene rings is 1. The summed E-state index contributed by atoms with van der Waals surface area (Å²) < 4.78 is 0. The Kier molecular flexibility index (Phi) is 1.64. The van der Waals surface area contributed by atoms with Gasteiger partial charge in [0.15, 0.2) is 0 Å². The van der Waals surface area contributed by atoms with Crippen LogP contribution < -0.4 is 0 Å². The summed E-state index contributed by atoms with van der Waals surface area (Å²) in [5, 5.41) is 0. The molecule has 6 rings (SSSR count). The summed E-state index contributed by atoms with van der Waals surface area (Å²) >= 11 is 0. The molecule has 0 amide bonds. The molecule has 4 bridgehead atoms. The maximum atomic E-state index is 2.46. The lowest BCUT2D eigenvalue weighted by molar-refractivity contribution is 0.0937. The van der Waals surface area contributed by atoms with E-state index < -0.39 is 0 Å². The van der Waals surface area contributed by atoms with E-state index in [1.165, 1.54) is 12.3 Å². The summed E-state index contributed by atoms with van der Waals surface area (Å²) in [5.74, 6) is 8.82. The van der Waals surface area contributed by atoms with Crippen LogP contribution in [0, 0.1) is 41.4 Å². The zero-order chi connectivity index (χ0) is 12.1. The Hall–Kier alpha value is -0.780. The van der Waals surface area contributed by atoms with Crippen LogP contribution in [0.15, 0.2) is 24.3 Å². The van der Waals surface area contributed by atoms with Crippen molar-refractivity contribution in [2.75, 3.05) is 0 Å². The molecule has 0 heteroatoms. The van der Waals surface area contributed by atoms with Crippen LogP contribution in [0.2, 0.25) is 0 Å². The number of rotatable bonds is 0. The highest BCUT2D eigenvalue weighted by atomic mass is 14.7. The van der Waals surface area contributed by atoms with E-state index in [1.54, 1.807) is 36.8 Å². The standard InChI is InChI=1S/C19H22/c1-2-4-13-10(3-1)8-14-15-9-16(19(13)14)18-12-6-5-11(7-12)17(15)18/h1-4,11-12,14-19H,5-9H2. The molecule has 0 saturated heterocycles. The van der Waals surface area contributed by atoms with Gasteiger partial charge in [0.1, 0.15) is 0 Å². The fourth-order valence-electron chi connectivity index (χ4n) is 7.75. The molecule has 1 aromatic carbocycles. The minimum absolute atomic E-state index is 0.974. The summed E-state index contributed by atoms with van der Waals surface area (Å²) in [4.78, 5) is 0. The third-order valence-corrected chi connectivity index (χ3v) is 7.92. The Balaban J connectivity index is 1.49. The molecule has 1 aromatic rings. The Labute approximate surface area is 115 Å². The molecule has 4 fully saturated rings. The van der Waals surface area contributed by atoms with Gasteiger partial charge in [0.25, 0.3) is 0 Å². The van der Waals surface area contributed by atoms with Crippen molar-refractivity contribution in [2.24, 2.45) is 41.4 Å². The first-order valence-corrected chi connectivity index (χ1v) is 8.49. The molecule has 5 aliphatic rings. The van der Waals surface area contributed by atoms with E-state index in [4.69, 9.17) is 0 Å². The van der Waals surface area contributed by atoms with E-state index in [0.717, 1.165) is 41.4 Å². The normalized spacial score (nSPS) is 55.4. The molecule has 98 valence electrons. The Bertz CT molecular complexity index is 559. The van der Waals surface area contributed by atoms with E-state index in [-0.39, 0.29) is 0 Å². The van der Waals surface area contributed by atoms with E-state index in [9.17, 15) is 0 Å². The largest absolute Gasteiger partial charge is 0.0620 e. The monoisotopic (exact) mass is 250 g/mol. The molecule has 4 saturated carbocycles. The van der Waals surface area contributed by atoms with Crippen LogP contribution in [-0.4, -0.2) is 0 Å². The van der Waals surface area contributed by atoms with Crippen LogP contribution >= 0.6 is 0 Å². The van der Waals surface area contributed by atoms with Crippen molar-refractivity contribution >= 4 is 0 Å². The maximum absolute atomic E-state index is 2.46. The molecular weight excluding hydrogens is 228 g/mol. The lowest BCUT2D eigenvalue weighted by Crippen LogP contribution is -2.35. The predicted molar refractivity (Wildman–Crippen MR) is 75.8 cm³/mol. The molecule has 8 atom stereocenters. The second-order valence-electron chi connectivity index (χ2n) is 8.14. The van der Waals surface area contributed by atoms with Crippen molar-refractivity contribution in [3.8, 4) is 0 Å². The van der Waals surface area contributed by atoms with Crippen molar-refractivity contribution in [2.45, 2.75) is 38.0 Å². The van der Waals surface area contributed by atoms with Crippen molar-refractivity contribution in [3.05, 3.63) is 35.4 Å². The molecule has 0 aromatic heterocycles. The Morgan fingerprint density at radius 3 is 2.47 bits per heavy atom. The summed E-state index contributed by atoms with van der Waals surface area (Å²) in [7, 11) is 0. The number of hydrogen-bond acceptors (Lipinski definition) is 0. The van der Waals surface area contributed by atoms with Gasteiger partial charge in [-0.1, -0.05) is 24.3 Å². The lowest BCUT2D eigenvalue weighted by Gasteiger charge is -2.41. The first-order chi connectivity index (χ1) is 9.42. The van der Waals surface area contributed by atoms with Crippen LogP contribution in [0.3, 0.4) is 0 Å². The predicted octanol–water partition coefficient (Wildman–Crippen LogP) is 4.25. The first-order valence-electron chi connectivity index (χ1n) is 8.49. The Morgan fingerprint density at radius 2 is 1.58 bits per heavy atom. The third kappa shape index (κ3) is 0.998. The zero-order valence-corrected chi connectivity index (χ0v) is 11.5. The van der Waals surface area contributed by atoms with Gasteiger partial charge in [-0.3, -0.25) is 0 Å². The maximum Gasteiger partial charge on any atom is -0.00937 e. The molecule has 0 N–H and O–H groups in total. The van der Waals surface area contributed by atoms with E-state index in [0.29, 0.717) is 0 Å². The van der Waals surface area contributed by atoms with Gasteiger partial charge in [-0.25, -0.2) is 0 Å². The van der Waals surface area contributed by atoms with Gasteiger partial charge in [0.2, 0.25) is 0 Å². The van der Waals surface area contributed by atoms with E-state index >= 15 is 0 Å². The molecular formula is C19H22. The van der Waals surface area contributed by atoms with Crippen molar-refractivity contribution in [3.63, 3.8) is 0 Å². The van der Waals surface area contributed by atoms with Crippen molar-refractivity contribution in [1.82, 2.24) is 0 Å². The molecule has 0 radical (unpaired) electrons. The average molecular weight is 250 g/mol. The molecule has 0 aliphatic heterocycles. The first kappa shape index (κ1) is 10.0. The average Bonchev–Trinajstić information content (AvgIpc) is 3.20. The molecule has 19 heavy (non-hydrogen) atoms. The van der Waals surface area contributed by atoms with Gasteiger partial charge in [0.05, 0.1) is 0 Å². The van der Waals surface area contributed by atoms with Crippen molar-refractivity contribution < 1.29 is 0 Å². The van der Waals surface area contributed by atoms with Crippen LogP contribution in [0.25, 0.3) is 0 Å². The smallest absolute Gasteiger partial charge is 0.00937 e. The lowest BCUT2D eigenvalue weighted by atomic mass is 9.63. The van der Waals surface area contributed by atoms with Crippen LogP contribution in [0.4, 0.5) is 0 Å². The molecule has 0 heterocycles. The molecule has 8 unspecified atom stereocenters. The SMILES string of the molecule is c1ccc2c(c1)CC1C3CC(C21)C1C2CCC(C2)C31. The van der Waals surface area contributed by atoms with Crippen LogP contribution in [-0.2, 0) is 6.42 Å². The second kappa shape index (κ2) is 3.10. The van der Waals surface area contributed by atoms with E-state index in [1.807, 2.05) is 0 Å². The van der Waals surface area contributed by atoms with Crippen LogP contribution in [0.1, 0.15) is 42.7 Å². The molecule has 0 nitrogen and oxygen atoms in total. The fourth-order valence-corrected chi connectivity index (χ4v) is 7.75. The highest BCUT2D eigenvalue weighted by molar-refractivity contribution is 5.40. The Morgan fingerprint density at radius 1 is 0.789 bits per heavy atom. The fraction of sp³-hybridized carbons (Fsp3) is 0.684. The highest BCUT2D eigenvalue weighted by Crippen LogP contribution is 2.73. The quantitative estimate of drug-likeness (QED) is 0.604. The van der Waals surface area contributed by atoms with Gasteiger partial charge in [0, 0.05) is 0 Å². The van der Waals surface area contributed by atoms with Gasteiger partial charge in [-0.15, -0.1) is 0 Å². The van der Waals surface area contributed by atoms with Gasteiger partial charge < -0.3 is 0 Å². The van der Waals surface area contributed by atoms with Gasteiger partial charge >= 0.3 is 0 Å². The summed E-state index contributed by atoms with van der Waals surface area (Å²) in [6.45, 7) is 0. The minimum Gasteiger partial charge on any atom is -0.0620 e. The summed E-state index contributed by atoms with van der Waals surface area (Å²) in [6, 6.07) is 9.41. The third-order valence-electron chi connectivity index (χ3n) is 7.92. The summed E-state index contributed by atoms with van der Waals surface area (Å²) in [6.07, 6.45) is 7.80. The van der Waals surface area contributed by atoms with Gasteiger partial charge in [-0.2, -0.15) is 0 Å². The minimum atomic E-state index is 0.974. The molecule has 5 aliphatic carbocycles. The van der Waals surface area contributed by atoms with Gasteiger partial charge in [-0.05, 0) is 90.6 Å². The number of fused-ring (bicyclic) bond motifs is 14. The number of hydrogen-bond donors (Lipinski definition) is 0. The van der Waals surface area contributed by atoms with E-state index in [2.05, 4.69) is 24.3 Å². The zero-order valence-electron chi connectivity index (χ0n) is 11.5. The van der Waals surface area contributed by atoms with Crippen molar-refractivity contribution in [1.29, 1.82) is 0 Å². The highest BCUT2D eigenvalue weighted by Gasteiger charge is 2.66. The van der Waals surface area contributed by atoms with Crippen LogP contribution in [0.5, 0.6) is 0 Å². The molecule has 0 spiro atoms. The topological polar surface area (TPSA) is 0 Å². The summed E-state index contributed by atoms with van der Waals surface area (Å²) in [5.41, 5.74) is 3.47. The second-order valence-corrected chi connectivity index (χ2v) is 8.14.